The van der Waals surface area contributed by atoms with Gasteiger partial charge in [0.05, 0.1) is 67.0 Å². The normalized spacial score (nSPS) is 10.2. The average Bonchev–Trinajstić information content (AvgIpc) is 4.33. The van der Waals surface area contributed by atoms with E-state index in [1.807, 2.05) is 61.5 Å². The van der Waals surface area contributed by atoms with E-state index in [1.165, 1.54) is 91.4 Å². The largest absolute Gasteiger partial charge is 0.449 e. The van der Waals surface area contributed by atoms with Crippen LogP contribution in [-0.4, -0.2) is 68.2 Å². The van der Waals surface area contributed by atoms with Crippen molar-refractivity contribution in [2.45, 2.75) is 174 Å². The number of unbranched alkanes of at least 4 members (excludes halogenated alkanes) is 3. The van der Waals surface area contributed by atoms with Crippen molar-refractivity contribution in [2.24, 2.45) is 0 Å². The molecule has 2 aromatic carbocycles. The summed E-state index contributed by atoms with van der Waals surface area (Å²) < 4.78 is 56.3. The topological polar surface area (TPSA) is 251 Å². The third-order valence-electron chi connectivity index (χ3n) is 10.3. The molecule has 0 aliphatic heterocycles. The molecule has 0 saturated heterocycles. The van der Waals surface area contributed by atoms with Crippen molar-refractivity contribution in [3.05, 3.63) is 166 Å². The first-order valence-electron chi connectivity index (χ1n) is 27.2. The summed E-state index contributed by atoms with van der Waals surface area (Å²) in [5.41, 5.74) is 0.850. The van der Waals surface area contributed by atoms with E-state index in [1.54, 1.807) is 72.1 Å². The quantitative estimate of drug-likeness (QED) is 0.0679. The number of aryl methyl sites for hydroxylation is 6. The molecule has 0 saturated carbocycles. The number of nitriles is 2. The van der Waals surface area contributed by atoms with Gasteiger partial charge in [0.1, 0.15) is 24.2 Å². The maximum Gasteiger partial charge on any atom is 0.193 e. The number of imidazole rings is 2. The molecule has 6 aromatic heterocycles. The van der Waals surface area contributed by atoms with E-state index in [2.05, 4.69) is 81.4 Å². The minimum absolute atomic E-state index is 0.127. The highest BCUT2D eigenvalue weighted by molar-refractivity contribution is 7.91. The fourth-order valence-electron chi connectivity index (χ4n) is 6.31. The third kappa shape index (κ3) is 34.1. The molecule has 0 aliphatic rings. The van der Waals surface area contributed by atoms with Gasteiger partial charge in [-0.3, -0.25) is 0 Å². The van der Waals surface area contributed by atoms with Crippen molar-refractivity contribution >= 4 is 42.3 Å². The second kappa shape index (κ2) is 45.3. The van der Waals surface area contributed by atoms with Crippen molar-refractivity contribution in [1.82, 2.24) is 39.9 Å². The van der Waals surface area contributed by atoms with Gasteiger partial charge in [0, 0.05) is 73.6 Å². The zero-order valence-corrected chi connectivity index (χ0v) is 50.9. The maximum atomic E-state index is 11.6. The van der Waals surface area contributed by atoms with E-state index >= 15 is 0 Å². The number of H-pyrrole nitrogens is 2. The number of benzene rings is 2. The smallest absolute Gasteiger partial charge is 0.193 e. The molecule has 0 atom stereocenters. The first kappa shape index (κ1) is 70.4. The molecule has 0 fully saturated rings. The molecule has 2 N–H and O–H groups in total. The lowest BCUT2D eigenvalue weighted by atomic mass is 10.2. The molecule has 0 aliphatic carbocycles. The van der Waals surface area contributed by atoms with Gasteiger partial charge in [0.25, 0.3) is 0 Å². The molecule has 0 radical (unpaired) electrons. The van der Waals surface area contributed by atoms with Crippen LogP contribution in [0.25, 0.3) is 0 Å². The van der Waals surface area contributed by atoms with E-state index in [0.29, 0.717) is 28.9 Å². The first-order valence-corrected chi connectivity index (χ1v) is 32.3. The van der Waals surface area contributed by atoms with Crippen LogP contribution in [0.4, 0.5) is 0 Å². The number of nitrogens with zero attached hydrogens (tertiary/aromatic N) is 8. The lowest BCUT2D eigenvalue weighted by Crippen LogP contribution is -2.05. The highest BCUT2D eigenvalue weighted by atomic mass is 32.2. The van der Waals surface area contributed by atoms with Crippen LogP contribution in [0, 0.1) is 22.7 Å². The van der Waals surface area contributed by atoms with Crippen molar-refractivity contribution in [3.8, 4) is 12.1 Å². The van der Waals surface area contributed by atoms with Crippen molar-refractivity contribution in [1.29, 1.82) is 10.5 Å². The zero-order valence-electron chi connectivity index (χ0n) is 47.6. The molecule has 430 valence electrons. The molecule has 0 spiro atoms. The predicted octanol–water partition coefficient (Wildman–Crippen LogP) is 14.8. The summed E-state index contributed by atoms with van der Waals surface area (Å²) in [6, 6.07) is 15.9. The fourth-order valence-corrected chi connectivity index (χ4v) is 10.4. The van der Waals surface area contributed by atoms with E-state index < -0.39 is 19.7 Å². The number of aromatic amines is 2. The zero-order chi connectivity index (χ0) is 58.3. The minimum Gasteiger partial charge on any atom is -0.449 e. The number of oxazole rings is 2. The van der Waals surface area contributed by atoms with Crippen molar-refractivity contribution in [3.63, 3.8) is 0 Å². The van der Waals surface area contributed by atoms with Gasteiger partial charge in [0.2, 0.25) is 0 Å². The summed E-state index contributed by atoms with van der Waals surface area (Å²) >= 11 is 3.49. The van der Waals surface area contributed by atoms with Gasteiger partial charge in [-0.25, -0.2) is 46.7 Å². The summed E-state index contributed by atoms with van der Waals surface area (Å²) in [5, 5.41) is 23.7. The lowest BCUT2D eigenvalue weighted by molar-refractivity contribution is 0.486. The molecule has 8 rings (SSSR count). The van der Waals surface area contributed by atoms with Gasteiger partial charge in [-0.2, -0.15) is 10.5 Å². The van der Waals surface area contributed by atoms with Gasteiger partial charge in [-0.15, -0.1) is 22.7 Å². The van der Waals surface area contributed by atoms with Gasteiger partial charge in [-0.1, -0.05) is 80.7 Å². The first-order chi connectivity index (χ1) is 38.3. The molecule has 0 unspecified atom stereocenters. The van der Waals surface area contributed by atoms with Gasteiger partial charge >= 0.3 is 0 Å². The Labute approximate surface area is 479 Å². The molecule has 6 heterocycles. The Bertz CT molecular complexity index is 2720. The van der Waals surface area contributed by atoms with E-state index in [-0.39, 0.29) is 16.4 Å². The van der Waals surface area contributed by atoms with Crippen LogP contribution in [0.3, 0.4) is 0 Å². The summed E-state index contributed by atoms with van der Waals surface area (Å²) in [5.74, 6) is 4.18. The summed E-state index contributed by atoms with van der Waals surface area (Å²) in [6.07, 6.45) is 36.0. The molecule has 20 heteroatoms. The number of rotatable bonds is 21. The van der Waals surface area contributed by atoms with Crippen molar-refractivity contribution < 1.29 is 25.7 Å². The number of thiazole rings is 2. The maximum absolute atomic E-state index is 11.6. The van der Waals surface area contributed by atoms with Gasteiger partial charge < -0.3 is 18.8 Å². The molecular weight excluding hydrogens is 1070 g/mol. The molecule has 79 heavy (non-hydrogen) atoms. The molecule has 8 aromatic rings. The number of hydrogen-bond acceptors (Lipinski definition) is 16. The van der Waals surface area contributed by atoms with Crippen LogP contribution in [0.2, 0.25) is 0 Å². The van der Waals surface area contributed by atoms with Crippen LogP contribution in [0.1, 0.15) is 171 Å². The van der Waals surface area contributed by atoms with Crippen LogP contribution >= 0.6 is 22.7 Å². The highest BCUT2D eigenvalue weighted by Gasteiger charge is 2.13. The van der Waals surface area contributed by atoms with Gasteiger partial charge in [0.15, 0.2) is 31.5 Å². The molecule has 0 bridgehead atoms. The second-order valence-corrected chi connectivity index (χ2v) is 23.4. The third-order valence-corrected chi connectivity index (χ3v) is 15.9. The Morgan fingerprint density at radius 3 is 1.38 bits per heavy atom. The minimum atomic E-state index is -3.19. The Morgan fingerprint density at radius 1 is 0.468 bits per heavy atom. The molecular formula is C59H84N10O6S4. The second-order valence-electron chi connectivity index (χ2n) is 17.2. The van der Waals surface area contributed by atoms with Crippen molar-refractivity contribution in [2.75, 3.05) is 11.5 Å². The SMILES string of the molecule is CCCCc1ncc[nH]1.CCCCc1ncco1.CCCCc1nccs1.CCCS(=O)(=O)c1ccc(C#N)cc1.CCCS(=O)(=O)c1cccc(C#N)c1.CCCc1ncc[nH]1.CCCc1ncco1.CCCc1nccs1. The summed E-state index contributed by atoms with van der Waals surface area (Å²) in [4.78, 5) is 31.0. The van der Waals surface area contributed by atoms with E-state index in [0.717, 1.165) is 74.8 Å². The molecule has 16 nitrogen and oxygen atoms in total. The van der Waals surface area contributed by atoms with E-state index in [9.17, 15) is 16.8 Å². The number of nitrogens with one attached hydrogen (secondary N) is 2. The Kier molecular flexibility index (Phi) is 40.4. The Hall–Kier alpha value is -6.58. The predicted molar refractivity (Wildman–Crippen MR) is 319 cm³/mol. The Balaban J connectivity index is 0.000000456. The standard InChI is InChI=1S/2C10H11NO2S.C7H12N2.C7H11NO.C7H11NS.C6H10N2.C6H9NO.C6H9NS/c1-2-7-14(12,13)10-5-3-9(8-11)4-6-10;1-2-6-14(12,13)10-5-3-4-9(7-10)8-11;3*1-2-3-4-7-8-5-6-9-7;3*1-2-3-6-7-4-5-8-6/h3-6H,2,7H2,1H3;3-5,7H,2,6H2,1H3;5-6H,2-4H2,1H3,(H,8,9);2*5-6H,2-4H2,1H3;4-5H,2-3H2,1H3,(H,7,8);2*4-5H,2-3H2,1H3. The average molecular weight is 1160 g/mol. The number of hydrogen-bond donors (Lipinski definition) is 2. The van der Waals surface area contributed by atoms with Crippen LogP contribution < -0.4 is 0 Å². The summed E-state index contributed by atoms with van der Waals surface area (Å²) in [7, 11) is -6.34. The van der Waals surface area contributed by atoms with Crippen LogP contribution in [0.15, 0.2) is 140 Å². The monoisotopic (exact) mass is 1160 g/mol. The fraction of sp³-hybridized carbons (Fsp3) is 0.458. The lowest BCUT2D eigenvalue weighted by Gasteiger charge is -2.01. The number of sulfone groups is 2. The van der Waals surface area contributed by atoms with Crippen LogP contribution in [-0.2, 0) is 58.2 Å². The highest BCUT2D eigenvalue weighted by Crippen LogP contribution is 2.15. The molecule has 0 amide bonds. The summed E-state index contributed by atoms with van der Waals surface area (Å²) in [6.45, 7) is 16.6. The number of aromatic nitrogens is 8. The Morgan fingerprint density at radius 2 is 0.949 bits per heavy atom. The van der Waals surface area contributed by atoms with Gasteiger partial charge in [-0.05, 0) is 107 Å². The van der Waals surface area contributed by atoms with E-state index in [4.69, 9.17) is 19.4 Å². The van der Waals surface area contributed by atoms with Crippen LogP contribution in [0.5, 0.6) is 0 Å².